The zero-order valence-corrected chi connectivity index (χ0v) is 12.8. The normalized spacial score (nSPS) is 24.1. The highest BCUT2D eigenvalue weighted by Gasteiger charge is 2.22. The van der Waals surface area contributed by atoms with Crippen molar-refractivity contribution < 1.29 is 4.42 Å². The molecule has 0 unspecified atom stereocenters. The maximum Gasteiger partial charge on any atom is 0.118 e. The van der Waals surface area contributed by atoms with Gasteiger partial charge >= 0.3 is 0 Å². The molecular formula is C16H28N2O. The molecule has 0 radical (unpaired) electrons. The van der Waals surface area contributed by atoms with Crippen LogP contribution in [0.3, 0.4) is 0 Å². The summed E-state index contributed by atoms with van der Waals surface area (Å²) in [5.41, 5.74) is 1.34. The minimum absolute atomic E-state index is 0.748. The molecule has 1 heterocycles. The highest BCUT2D eigenvalue weighted by Crippen LogP contribution is 2.28. The molecule has 19 heavy (non-hydrogen) atoms. The second-order valence-corrected chi connectivity index (χ2v) is 6.15. The van der Waals surface area contributed by atoms with Crippen molar-refractivity contribution in [2.24, 2.45) is 5.92 Å². The number of hydrogen-bond donors (Lipinski definition) is 1. The van der Waals surface area contributed by atoms with Gasteiger partial charge in [-0.2, -0.15) is 0 Å². The Hall–Kier alpha value is -0.800. The van der Waals surface area contributed by atoms with Crippen LogP contribution in [0.1, 0.15) is 49.7 Å². The zero-order valence-electron chi connectivity index (χ0n) is 12.8. The number of aryl methyl sites for hydroxylation is 1. The molecule has 1 aromatic heterocycles. The Kier molecular flexibility index (Phi) is 5.06. The Balaban J connectivity index is 1.92. The Labute approximate surface area is 117 Å². The lowest BCUT2D eigenvalue weighted by molar-refractivity contribution is 0.163. The summed E-state index contributed by atoms with van der Waals surface area (Å²) in [7, 11) is 4.21. The average Bonchev–Trinajstić information content (AvgIpc) is 2.71. The van der Waals surface area contributed by atoms with E-state index in [-0.39, 0.29) is 0 Å². The summed E-state index contributed by atoms with van der Waals surface area (Å²) in [6.07, 6.45) is 5.45. The third-order valence-corrected chi connectivity index (χ3v) is 4.45. The maximum absolute atomic E-state index is 5.77. The van der Waals surface area contributed by atoms with Crippen LogP contribution in [0, 0.1) is 12.8 Å². The summed E-state index contributed by atoms with van der Waals surface area (Å²) >= 11 is 0. The van der Waals surface area contributed by atoms with E-state index in [1.54, 1.807) is 0 Å². The molecular weight excluding hydrogens is 236 g/mol. The van der Waals surface area contributed by atoms with E-state index in [0.29, 0.717) is 0 Å². The molecule has 108 valence electrons. The van der Waals surface area contributed by atoms with Crippen LogP contribution in [-0.4, -0.2) is 25.0 Å². The molecule has 3 nitrogen and oxygen atoms in total. The summed E-state index contributed by atoms with van der Waals surface area (Å²) in [5, 5.41) is 3.14. The van der Waals surface area contributed by atoms with Gasteiger partial charge in [0.05, 0.1) is 6.54 Å². The van der Waals surface area contributed by atoms with E-state index in [1.807, 2.05) is 7.05 Å². The second kappa shape index (κ2) is 6.58. The molecule has 2 rings (SSSR count). The van der Waals surface area contributed by atoms with Gasteiger partial charge in [0.25, 0.3) is 0 Å². The van der Waals surface area contributed by atoms with E-state index in [1.165, 1.54) is 31.2 Å². The van der Waals surface area contributed by atoms with Gasteiger partial charge < -0.3 is 9.73 Å². The molecule has 0 saturated heterocycles. The van der Waals surface area contributed by atoms with E-state index in [2.05, 4.69) is 37.2 Å². The molecule has 1 aliphatic rings. The van der Waals surface area contributed by atoms with Crippen molar-refractivity contribution in [1.29, 1.82) is 0 Å². The fourth-order valence-electron chi connectivity index (χ4n) is 3.09. The quantitative estimate of drug-likeness (QED) is 0.884. The van der Waals surface area contributed by atoms with Crippen LogP contribution in [0.2, 0.25) is 0 Å². The van der Waals surface area contributed by atoms with Gasteiger partial charge in [0.2, 0.25) is 0 Å². The second-order valence-electron chi connectivity index (χ2n) is 6.15. The Bertz CT molecular complexity index is 391. The van der Waals surface area contributed by atoms with Gasteiger partial charge in [-0.1, -0.05) is 6.92 Å². The molecule has 0 bridgehead atoms. The SMILES string of the molecule is CNCc1cc(CN(C)C2CCC(C)CC2)c(C)o1. The smallest absolute Gasteiger partial charge is 0.118 e. The number of hydrogen-bond acceptors (Lipinski definition) is 3. The highest BCUT2D eigenvalue weighted by molar-refractivity contribution is 5.20. The first-order valence-electron chi connectivity index (χ1n) is 7.53. The van der Waals surface area contributed by atoms with Gasteiger partial charge in [-0.3, -0.25) is 4.90 Å². The first kappa shape index (κ1) is 14.6. The summed E-state index contributed by atoms with van der Waals surface area (Å²) in [6.45, 7) is 6.27. The molecule has 1 fully saturated rings. The van der Waals surface area contributed by atoms with Gasteiger partial charge in [0.15, 0.2) is 0 Å². The molecule has 0 spiro atoms. The first-order chi connectivity index (χ1) is 9.10. The zero-order chi connectivity index (χ0) is 13.8. The maximum atomic E-state index is 5.77. The molecule has 0 amide bonds. The van der Waals surface area contributed by atoms with E-state index in [9.17, 15) is 0 Å². The summed E-state index contributed by atoms with van der Waals surface area (Å²) in [4.78, 5) is 2.51. The average molecular weight is 264 g/mol. The molecule has 1 N–H and O–H groups in total. The lowest BCUT2D eigenvalue weighted by Crippen LogP contribution is -2.34. The van der Waals surface area contributed by atoms with E-state index >= 15 is 0 Å². The lowest BCUT2D eigenvalue weighted by Gasteiger charge is -2.33. The first-order valence-corrected chi connectivity index (χ1v) is 7.53. The standard InChI is InChI=1S/C16H28N2O/c1-12-5-7-15(8-6-12)18(4)11-14-9-16(10-17-3)19-13(14)2/h9,12,15,17H,5-8,10-11H2,1-4H3. The predicted octanol–water partition coefficient (Wildman–Crippen LogP) is 3.32. The largest absolute Gasteiger partial charge is 0.465 e. The number of nitrogens with one attached hydrogen (secondary N) is 1. The fourth-order valence-corrected chi connectivity index (χ4v) is 3.09. The molecule has 0 atom stereocenters. The van der Waals surface area contributed by atoms with Crippen molar-refractivity contribution in [2.45, 2.75) is 58.7 Å². The van der Waals surface area contributed by atoms with Gasteiger partial charge in [-0.05, 0) is 58.7 Å². The predicted molar refractivity (Wildman–Crippen MR) is 79.1 cm³/mol. The molecule has 3 heteroatoms. The van der Waals surface area contributed by atoms with Crippen LogP contribution >= 0.6 is 0 Å². The Morgan fingerprint density at radius 2 is 2.00 bits per heavy atom. The van der Waals surface area contributed by atoms with Crippen molar-refractivity contribution in [1.82, 2.24) is 10.2 Å². The van der Waals surface area contributed by atoms with Crippen molar-refractivity contribution in [2.75, 3.05) is 14.1 Å². The van der Waals surface area contributed by atoms with Crippen molar-refractivity contribution in [3.8, 4) is 0 Å². The van der Waals surface area contributed by atoms with Gasteiger partial charge in [0.1, 0.15) is 11.5 Å². The number of nitrogens with zero attached hydrogens (tertiary/aromatic N) is 1. The summed E-state index contributed by atoms with van der Waals surface area (Å²) in [5.74, 6) is 3.03. The van der Waals surface area contributed by atoms with Crippen LogP contribution in [0.4, 0.5) is 0 Å². The summed E-state index contributed by atoms with van der Waals surface area (Å²) < 4.78 is 5.77. The van der Waals surface area contributed by atoms with Crippen LogP contribution in [0.15, 0.2) is 10.5 Å². The monoisotopic (exact) mass is 264 g/mol. The van der Waals surface area contributed by atoms with E-state index < -0.39 is 0 Å². The summed E-state index contributed by atoms with van der Waals surface area (Å²) in [6, 6.07) is 2.95. The van der Waals surface area contributed by atoms with Gasteiger partial charge in [-0.15, -0.1) is 0 Å². The Morgan fingerprint density at radius 1 is 1.32 bits per heavy atom. The molecule has 0 aliphatic heterocycles. The van der Waals surface area contributed by atoms with Crippen molar-refractivity contribution in [3.63, 3.8) is 0 Å². The van der Waals surface area contributed by atoms with Crippen LogP contribution in [-0.2, 0) is 13.1 Å². The minimum atomic E-state index is 0.748. The number of furan rings is 1. The van der Waals surface area contributed by atoms with Crippen LogP contribution in [0.25, 0.3) is 0 Å². The molecule has 1 saturated carbocycles. The minimum Gasteiger partial charge on any atom is -0.465 e. The molecule has 1 aromatic rings. The Morgan fingerprint density at radius 3 is 2.63 bits per heavy atom. The fraction of sp³-hybridized carbons (Fsp3) is 0.750. The van der Waals surface area contributed by atoms with Crippen LogP contribution in [0.5, 0.6) is 0 Å². The van der Waals surface area contributed by atoms with Gasteiger partial charge in [-0.25, -0.2) is 0 Å². The van der Waals surface area contributed by atoms with Gasteiger partial charge in [0, 0.05) is 18.2 Å². The third kappa shape index (κ3) is 3.83. The third-order valence-electron chi connectivity index (χ3n) is 4.45. The molecule has 0 aromatic carbocycles. The van der Waals surface area contributed by atoms with E-state index in [4.69, 9.17) is 4.42 Å². The number of rotatable bonds is 5. The van der Waals surface area contributed by atoms with E-state index in [0.717, 1.165) is 36.6 Å². The lowest BCUT2D eigenvalue weighted by atomic mass is 9.86. The van der Waals surface area contributed by atoms with Crippen molar-refractivity contribution >= 4 is 0 Å². The highest BCUT2D eigenvalue weighted by atomic mass is 16.3. The van der Waals surface area contributed by atoms with Crippen molar-refractivity contribution in [3.05, 3.63) is 23.2 Å². The topological polar surface area (TPSA) is 28.4 Å². The molecule has 1 aliphatic carbocycles. The van der Waals surface area contributed by atoms with Crippen LogP contribution < -0.4 is 5.32 Å².